The van der Waals surface area contributed by atoms with Crippen LogP contribution in [0.2, 0.25) is 0 Å². The highest BCUT2D eigenvalue weighted by atomic mass is 16.4. The van der Waals surface area contributed by atoms with Gasteiger partial charge in [-0.05, 0) is 10.8 Å². The van der Waals surface area contributed by atoms with Crippen LogP contribution in [-0.4, -0.2) is 21.0 Å². The standard InChI is InChI=1S/C16H14N2O2/c19-16(20)9-8-15-17-10-14(18-15)13-7-3-5-11-4-1-2-6-12(11)13/h1-7,10H,8-9H2,(H,17,18)(H,19,20). The molecular formula is C16H14N2O2. The maximum absolute atomic E-state index is 10.6. The molecule has 3 aromatic rings. The first-order valence-corrected chi connectivity index (χ1v) is 6.48. The number of carboxylic acid groups (broad SMARTS) is 1. The van der Waals surface area contributed by atoms with Gasteiger partial charge in [0.05, 0.1) is 18.3 Å². The lowest BCUT2D eigenvalue weighted by Gasteiger charge is -2.04. The number of aryl methyl sites for hydroxylation is 1. The van der Waals surface area contributed by atoms with Crippen molar-refractivity contribution in [3.8, 4) is 11.3 Å². The van der Waals surface area contributed by atoms with E-state index in [0.717, 1.165) is 16.6 Å². The van der Waals surface area contributed by atoms with Crippen molar-refractivity contribution in [2.45, 2.75) is 12.8 Å². The second kappa shape index (κ2) is 5.17. The van der Waals surface area contributed by atoms with Crippen LogP contribution in [0.15, 0.2) is 48.7 Å². The Morgan fingerprint density at radius 3 is 2.80 bits per heavy atom. The molecule has 2 N–H and O–H groups in total. The van der Waals surface area contributed by atoms with E-state index >= 15 is 0 Å². The first-order valence-electron chi connectivity index (χ1n) is 6.48. The monoisotopic (exact) mass is 266 g/mol. The molecule has 3 rings (SSSR count). The highest BCUT2D eigenvalue weighted by molar-refractivity contribution is 5.95. The Kier molecular flexibility index (Phi) is 3.21. The molecule has 2 aromatic carbocycles. The molecule has 0 amide bonds. The lowest BCUT2D eigenvalue weighted by molar-refractivity contribution is -0.137. The molecule has 0 unspecified atom stereocenters. The molecular weight excluding hydrogens is 252 g/mol. The first kappa shape index (κ1) is 12.4. The number of benzene rings is 2. The molecule has 0 aliphatic carbocycles. The van der Waals surface area contributed by atoms with E-state index < -0.39 is 5.97 Å². The van der Waals surface area contributed by atoms with E-state index in [4.69, 9.17) is 5.11 Å². The summed E-state index contributed by atoms with van der Waals surface area (Å²) in [6.07, 6.45) is 2.27. The van der Waals surface area contributed by atoms with Gasteiger partial charge in [0.2, 0.25) is 0 Å². The van der Waals surface area contributed by atoms with Crippen LogP contribution < -0.4 is 0 Å². The second-order valence-electron chi connectivity index (χ2n) is 4.66. The Morgan fingerprint density at radius 1 is 1.15 bits per heavy atom. The summed E-state index contributed by atoms with van der Waals surface area (Å²) >= 11 is 0. The number of aromatic nitrogens is 2. The average Bonchev–Trinajstić information content (AvgIpc) is 2.93. The van der Waals surface area contributed by atoms with E-state index in [1.807, 2.05) is 24.3 Å². The predicted molar refractivity (Wildman–Crippen MR) is 77.5 cm³/mol. The van der Waals surface area contributed by atoms with Gasteiger partial charge in [-0.2, -0.15) is 0 Å². The smallest absolute Gasteiger partial charge is 0.303 e. The number of carbonyl (C=O) groups is 1. The maximum Gasteiger partial charge on any atom is 0.303 e. The van der Waals surface area contributed by atoms with E-state index in [1.54, 1.807) is 6.20 Å². The molecule has 1 aromatic heterocycles. The lowest BCUT2D eigenvalue weighted by atomic mass is 10.0. The third-order valence-electron chi connectivity index (χ3n) is 3.28. The van der Waals surface area contributed by atoms with Crippen molar-refractivity contribution in [2.75, 3.05) is 0 Å². The average molecular weight is 266 g/mol. The molecule has 0 spiro atoms. The van der Waals surface area contributed by atoms with Gasteiger partial charge >= 0.3 is 5.97 Å². The largest absolute Gasteiger partial charge is 0.481 e. The van der Waals surface area contributed by atoms with Crippen LogP contribution in [0.4, 0.5) is 0 Å². The molecule has 100 valence electrons. The van der Waals surface area contributed by atoms with E-state index in [0.29, 0.717) is 12.2 Å². The quantitative estimate of drug-likeness (QED) is 0.761. The van der Waals surface area contributed by atoms with Crippen LogP contribution >= 0.6 is 0 Å². The molecule has 0 aliphatic rings. The fourth-order valence-corrected chi connectivity index (χ4v) is 2.31. The summed E-state index contributed by atoms with van der Waals surface area (Å²) in [7, 11) is 0. The van der Waals surface area contributed by atoms with Gasteiger partial charge in [-0.1, -0.05) is 42.5 Å². The van der Waals surface area contributed by atoms with Crippen molar-refractivity contribution in [3.05, 3.63) is 54.5 Å². The zero-order chi connectivity index (χ0) is 13.9. The molecule has 4 nitrogen and oxygen atoms in total. The number of nitrogens with one attached hydrogen (secondary N) is 1. The molecule has 0 fully saturated rings. The van der Waals surface area contributed by atoms with Crippen LogP contribution in [0.25, 0.3) is 22.0 Å². The molecule has 0 bridgehead atoms. The lowest BCUT2D eigenvalue weighted by Crippen LogP contribution is -1.98. The maximum atomic E-state index is 10.6. The minimum Gasteiger partial charge on any atom is -0.481 e. The Morgan fingerprint density at radius 2 is 1.95 bits per heavy atom. The highest BCUT2D eigenvalue weighted by Crippen LogP contribution is 2.27. The number of nitrogens with zero attached hydrogens (tertiary/aromatic N) is 1. The summed E-state index contributed by atoms with van der Waals surface area (Å²) < 4.78 is 0. The van der Waals surface area contributed by atoms with Gasteiger partial charge in [-0.3, -0.25) is 4.79 Å². The number of aliphatic carboxylic acids is 1. The Hall–Kier alpha value is -2.62. The highest BCUT2D eigenvalue weighted by Gasteiger charge is 2.08. The number of hydrogen-bond acceptors (Lipinski definition) is 2. The molecule has 1 heterocycles. The van der Waals surface area contributed by atoms with Crippen LogP contribution in [0.5, 0.6) is 0 Å². The van der Waals surface area contributed by atoms with Gasteiger partial charge in [0.25, 0.3) is 0 Å². The van der Waals surface area contributed by atoms with Gasteiger partial charge < -0.3 is 10.1 Å². The molecule has 4 heteroatoms. The summed E-state index contributed by atoms with van der Waals surface area (Å²) in [5, 5.41) is 11.0. The third-order valence-corrected chi connectivity index (χ3v) is 3.28. The molecule has 20 heavy (non-hydrogen) atoms. The number of hydrogen-bond donors (Lipinski definition) is 2. The van der Waals surface area contributed by atoms with Gasteiger partial charge in [0, 0.05) is 12.0 Å². The van der Waals surface area contributed by atoms with E-state index in [9.17, 15) is 4.79 Å². The zero-order valence-corrected chi connectivity index (χ0v) is 10.8. The first-order chi connectivity index (χ1) is 9.74. The number of rotatable bonds is 4. The second-order valence-corrected chi connectivity index (χ2v) is 4.66. The fourth-order valence-electron chi connectivity index (χ4n) is 2.31. The van der Waals surface area contributed by atoms with Crippen LogP contribution in [-0.2, 0) is 11.2 Å². The van der Waals surface area contributed by atoms with Crippen molar-refractivity contribution < 1.29 is 9.90 Å². The number of H-pyrrole nitrogens is 1. The Balaban J connectivity index is 1.97. The van der Waals surface area contributed by atoms with Crippen molar-refractivity contribution in [2.24, 2.45) is 0 Å². The van der Waals surface area contributed by atoms with E-state index in [1.165, 1.54) is 5.39 Å². The zero-order valence-electron chi connectivity index (χ0n) is 10.8. The molecule has 0 aliphatic heterocycles. The van der Waals surface area contributed by atoms with Crippen molar-refractivity contribution in [1.82, 2.24) is 9.97 Å². The summed E-state index contributed by atoms with van der Waals surface area (Å²) in [5.41, 5.74) is 2.00. The molecule has 0 saturated heterocycles. The minimum absolute atomic E-state index is 0.0858. The normalized spacial score (nSPS) is 10.8. The SMILES string of the molecule is O=C(O)CCc1ncc(-c2cccc3ccccc23)[nH]1. The number of fused-ring (bicyclic) bond motifs is 1. The Labute approximate surface area is 116 Å². The van der Waals surface area contributed by atoms with Crippen LogP contribution in [0, 0.1) is 0 Å². The van der Waals surface area contributed by atoms with Crippen molar-refractivity contribution in [3.63, 3.8) is 0 Å². The summed E-state index contributed by atoms with van der Waals surface area (Å²) in [4.78, 5) is 18.0. The Bertz CT molecular complexity index is 757. The van der Waals surface area contributed by atoms with Crippen molar-refractivity contribution >= 4 is 16.7 Å². The number of carboxylic acids is 1. The van der Waals surface area contributed by atoms with E-state index in [-0.39, 0.29) is 6.42 Å². The fraction of sp³-hybridized carbons (Fsp3) is 0.125. The minimum atomic E-state index is -0.812. The predicted octanol–water partition coefficient (Wildman–Crippen LogP) is 3.25. The third kappa shape index (κ3) is 2.40. The van der Waals surface area contributed by atoms with E-state index in [2.05, 4.69) is 28.2 Å². The number of aromatic amines is 1. The van der Waals surface area contributed by atoms with Gasteiger partial charge in [-0.15, -0.1) is 0 Å². The van der Waals surface area contributed by atoms with Crippen molar-refractivity contribution in [1.29, 1.82) is 0 Å². The van der Waals surface area contributed by atoms with Gasteiger partial charge in [0.1, 0.15) is 5.82 Å². The van der Waals surface area contributed by atoms with Gasteiger partial charge in [-0.25, -0.2) is 4.98 Å². The van der Waals surface area contributed by atoms with Crippen LogP contribution in [0.3, 0.4) is 0 Å². The summed E-state index contributed by atoms with van der Waals surface area (Å²) in [6, 6.07) is 14.3. The van der Waals surface area contributed by atoms with Gasteiger partial charge in [0.15, 0.2) is 0 Å². The summed E-state index contributed by atoms with van der Waals surface area (Å²) in [5.74, 6) is -0.108. The van der Waals surface area contributed by atoms with Crippen LogP contribution in [0.1, 0.15) is 12.2 Å². The molecule has 0 atom stereocenters. The molecule has 0 saturated carbocycles. The molecule has 0 radical (unpaired) electrons. The topological polar surface area (TPSA) is 66.0 Å². The number of imidazole rings is 1. The summed E-state index contributed by atoms with van der Waals surface area (Å²) in [6.45, 7) is 0.